The first kappa shape index (κ1) is 20.8. The van der Waals surface area contributed by atoms with Crippen molar-refractivity contribution in [3.63, 3.8) is 0 Å². The third-order valence-corrected chi connectivity index (χ3v) is 4.75. The Morgan fingerprint density at radius 2 is 1.71 bits per heavy atom. The number of nitrogens with one attached hydrogen (secondary N) is 2. The van der Waals surface area contributed by atoms with Crippen molar-refractivity contribution in [3.8, 4) is 0 Å². The Hall–Kier alpha value is -3.46. The van der Waals surface area contributed by atoms with Gasteiger partial charge in [0.25, 0.3) is 0 Å². The molecule has 31 heavy (non-hydrogen) atoms. The number of nitrogens with two attached hydrogens (primary N) is 1. The second-order valence-electron chi connectivity index (χ2n) is 7.02. The molecule has 4 atom stereocenters. The van der Waals surface area contributed by atoms with Crippen LogP contribution in [-0.2, 0) is 4.74 Å². The van der Waals surface area contributed by atoms with Gasteiger partial charge in [0.2, 0.25) is 0 Å². The molecule has 14 nitrogen and oxygen atoms in total. The molecule has 164 valence electrons. The van der Waals surface area contributed by atoms with Gasteiger partial charge >= 0.3 is 0 Å². The summed E-state index contributed by atoms with van der Waals surface area (Å²) in [5.74, 6) is 1.16. The zero-order chi connectivity index (χ0) is 22.1. The minimum absolute atomic E-state index is 0.125. The van der Waals surface area contributed by atoms with E-state index in [9.17, 15) is 10.2 Å². The molecule has 0 saturated carbocycles. The van der Waals surface area contributed by atoms with E-state index < -0.39 is 31.0 Å². The van der Waals surface area contributed by atoms with Gasteiger partial charge in [-0.3, -0.25) is 0 Å². The van der Waals surface area contributed by atoms with Gasteiger partial charge < -0.3 is 40.7 Å². The van der Waals surface area contributed by atoms with Crippen LogP contribution in [0.4, 0.5) is 11.6 Å². The van der Waals surface area contributed by atoms with Crippen LogP contribution in [-0.4, -0.2) is 94.2 Å². The number of aromatic amines is 2. The summed E-state index contributed by atoms with van der Waals surface area (Å²) in [4.78, 5) is 32.0. The summed E-state index contributed by atoms with van der Waals surface area (Å²) in [7, 11) is 3.87. The van der Waals surface area contributed by atoms with E-state index in [1.54, 1.807) is 6.33 Å². The lowest BCUT2D eigenvalue weighted by Gasteiger charge is -2.13. The zero-order valence-corrected chi connectivity index (χ0v) is 16.7. The second kappa shape index (κ2) is 8.35. The van der Waals surface area contributed by atoms with Gasteiger partial charge in [-0.05, 0) is 0 Å². The predicted molar refractivity (Wildman–Crippen MR) is 109 cm³/mol. The third-order valence-electron chi connectivity index (χ3n) is 4.75. The normalized spacial score (nSPS) is 23.1. The Morgan fingerprint density at radius 3 is 2.39 bits per heavy atom. The number of rotatable bonds is 3. The fourth-order valence-corrected chi connectivity index (χ4v) is 3.20. The van der Waals surface area contributed by atoms with Gasteiger partial charge in [-0.25, -0.2) is 29.9 Å². The van der Waals surface area contributed by atoms with Crippen LogP contribution in [0.1, 0.15) is 11.9 Å². The zero-order valence-electron chi connectivity index (χ0n) is 16.7. The van der Waals surface area contributed by atoms with Crippen LogP contribution in [0, 0.1) is 0 Å². The molecule has 1 aliphatic heterocycles. The smallest absolute Gasteiger partial charge is 0.183 e. The summed E-state index contributed by atoms with van der Waals surface area (Å²) in [6.07, 6.45) is 0.305. The van der Waals surface area contributed by atoms with Gasteiger partial charge in [-0.15, -0.1) is 0 Å². The number of ether oxygens (including phenoxy) is 1. The molecule has 0 aromatic carbocycles. The average molecular weight is 430 g/mol. The molecule has 5 heterocycles. The number of imidazole rings is 2. The number of aliphatic hydroxyl groups excluding tert-OH is 3. The van der Waals surface area contributed by atoms with Crippen LogP contribution < -0.4 is 10.6 Å². The number of aliphatic hydroxyl groups is 3. The molecular weight excluding hydrogens is 408 g/mol. The van der Waals surface area contributed by atoms with Crippen LogP contribution in [0.15, 0.2) is 19.0 Å². The number of H-pyrrole nitrogens is 2. The highest BCUT2D eigenvalue weighted by molar-refractivity contribution is 5.82. The summed E-state index contributed by atoms with van der Waals surface area (Å²) in [5, 5.41) is 28.6. The van der Waals surface area contributed by atoms with E-state index in [1.807, 2.05) is 19.0 Å². The molecule has 0 bridgehead atoms. The maximum atomic E-state index is 9.89. The highest BCUT2D eigenvalue weighted by Crippen LogP contribution is 2.32. The summed E-state index contributed by atoms with van der Waals surface area (Å²) in [6, 6.07) is 0. The van der Waals surface area contributed by atoms with Crippen molar-refractivity contribution in [2.75, 3.05) is 31.3 Å². The molecule has 1 fully saturated rings. The molecule has 1 saturated heterocycles. The van der Waals surface area contributed by atoms with Crippen LogP contribution in [0.2, 0.25) is 0 Å². The second-order valence-corrected chi connectivity index (χ2v) is 7.02. The summed E-state index contributed by atoms with van der Waals surface area (Å²) in [5.41, 5.74) is 8.17. The Kier molecular flexibility index (Phi) is 5.60. The van der Waals surface area contributed by atoms with Crippen molar-refractivity contribution >= 4 is 34.0 Å². The SMILES string of the molecule is CN(C)c1ncnc2nc[nH]c12.Nc1nc([C@@H]2O[C@H](CO)[C@@H](O)[C@@H]2O)nc2nc[nH]c12. The number of fused-ring (bicyclic) bond motifs is 2. The van der Waals surface area contributed by atoms with Gasteiger partial charge in [-0.2, -0.15) is 0 Å². The maximum absolute atomic E-state index is 9.89. The average Bonchev–Trinajstić information content (AvgIpc) is 3.48. The lowest BCUT2D eigenvalue weighted by molar-refractivity contribution is -0.0251. The van der Waals surface area contributed by atoms with Crippen molar-refractivity contribution in [2.45, 2.75) is 24.4 Å². The van der Waals surface area contributed by atoms with E-state index in [4.69, 9.17) is 15.6 Å². The first-order valence-corrected chi connectivity index (χ1v) is 9.31. The van der Waals surface area contributed by atoms with E-state index in [0.29, 0.717) is 16.8 Å². The number of hydrogen-bond acceptors (Lipinski definition) is 12. The number of aromatic nitrogens is 8. The number of nitrogen functional groups attached to an aromatic ring is 1. The highest BCUT2D eigenvalue weighted by atomic mass is 16.6. The number of hydrogen-bond donors (Lipinski definition) is 6. The van der Waals surface area contributed by atoms with Crippen molar-refractivity contribution in [1.29, 1.82) is 0 Å². The molecule has 14 heteroatoms. The standard InChI is InChI=1S/C10H13N5O4.C7H9N5/c11-8-4-9(13-2-12-4)15-10(14-8)7-6(18)5(17)3(1-16)19-7;1-12(2)7-5-6(9-3-8-5)10-4-11-7/h2-3,5-7,16-18H,1H2,(H3,11,12,13,14,15);3-4H,1-2H3,(H,8,9,10,11)/t3-,5-,6+,7-;/m1./s1. The molecule has 7 N–H and O–H groups in total. The highest BCUT2D eigenvalue weighted by Gasteiger charge is 2.44. The van der Waals surface area contributed by atoms with Crippen molar-refractivity contribution in [3.05, 3.63) is 24.8 Å². The van der Waals surface area contributed by atoms with E-state index in [2.05, 4.69) is 39.9 Å². The maximum Gasteiger partial charge on any atom is 0.183 e. The largest absolute Gasteiger partial charge is 0.394 e. The molecule has 0 unspecified atom stereocenters. The molecule has 4 aromatic heterocycles. The van der Waals surface area contributed by atoms with Crippen LogP contribution >= 0.6 is 0 Å². The fraction of sp³-hybridized carbons (Fsp3) is 0.412. The van der Waals surface area contributed by atoms with Gasteiger partial charge in [0, 0.05) is 14.1 Å². The van der Waals surface area contributed by atoms with Gasteiger partial charge in [0.1, 0.15) is 41.8 Å². The topological polar surface area (TPSA) is 208 Å². The molecule has 0 aliphatic carbocycles. The van der Waals surface area contributed by atoms with Crippen LogP contribution in [0.5, 0.6) is 0 Å². The van der Waals surface area contributed by atoms with Crippen LogP contribution in [0.25, 0.3) is 22.3 Å². The Balaban J connectivity index is 0.000000166. The molecule has 1 aliphatic rings. The molecule has 0 spiro atoms. The molecule has 0 amide bonds. The van der Waals surface area contributed by atoms with Crippen LogP contribution in [0.3, 0.4) is 0 Å². The first-order valence-electron chi connectivity index (χ1n) is 9.31. The lowest BCUT2D eigenvalue weighted by Crippen LogP contribution is -2.32. The summed E-state index contributed by atoms with van der Waals surface area (Å²) in [6.45, 7) is -0.408. The molecule has 0 radical (unpaired) electrons. The Labute approximate surface area is 175 Å². The number of nitrogens with zero attached hydrogens (tertiary/aromatic N) is 7. The number of anilines is 2. The van der Waals surface area contributed by atoms with E-state index in [1.165, 1.54) is 12.7 Å². The molecule has 5 rings (SSSR count). The summed E-state index contributed by atoms with van der Waals surface area (Å²) >= 11 is 0. The van der Waals surface area contributed by atoms with Crippen molar-refractivity contribution in [1.82, 2.24) is 39.9 Å². The Morgan fingerprint density at radius 1 is 1.00 bits per heavy atom. The predicted octanol–water partition coefficient (Wildman–Crippen LogP) is -1.49. The van der Waals surface area contributed by atoms with Gasteiger partial charge in [0.05, 0.1) is 19.3 Å². The Bertz CT molecular complexity index is 1180. The van der Waals surface area contributed by atoms with Crippen molar-refractivity contribution < 1.29 is 20.1 Å². The first-order chi connectivity index (χ1) is 14.9. The van der Waals surface area contributed by atoms with E-state index in [0.717, 1.165) is 11.3 Å². The van der Waals surface area contributed by atoms with E-state index >= 15 is 0 Å². The van der Waals surface area contributed by atoms with Crippen molar-refractivity contribution in [2.24, 2.45) is 0 Å². The monoisotopic (exact) mass is 430 g/mol. The molecule has 4 aromatic rings. The van der Waals surface area contributed by atoms with E-state index in [-0.39, 0.29) is 11.6 Å². The summed E-state index contributed by atoms with van der Waals surface area (Å²) < 4.78 is 5.33. The third kappa shape index (κ3) is 3.84. The minimum Gasteiger partial charge on any atom is -0.394 e. The fourth-order valence-electron chi connectivity index (χ4n) is 3.20. The molecular formula is C17H22N10O4. The van der Waals surface area contributed by atoms with Gasteiger partial charge in [0.15, 0.2) is 28.8 Å². The quantitative estimate of drug-likeness (QED) is 0.220. The lowest BCUT2D eigenvalue weighted by atomic mass is 10.1. The van der Waals surface area contributed by atoms with Gasteiger partial charge in [-0.1, -0.05) is 0 Å². The minimum atomic E-state index is -1.23.